The number of sulfonamides is 1. The van der Waals surface area contributed by atoms with E-state index in [1.165, 1.54) is 16.4 Å². The Hall–Kier alpha value is -1.89. The van der Waals surface area contributed by atoms with E-state index in [9.17, 15) is 13.2 Å². The molecule has 1 fully saturated rings. The quantitative estimate of drug-likeness (QED) is 0.758. The SMILES string of the molecule is CCN(C(=O)C1CCCN(S(=O)(=O)c2ccc(Cl)cc2)C1)c1ccccc1. The number of benzene rings is 2. The van der Waals surface area contributed by atoms with E-state index in [1.807, 2.05) is 37.3 Å². The van der Waals surface area contributed by atoms with Crippen molar-refractivity contribution in [2.24, 2.45) is 5.92 Å². The van der Waals surface area contributed by atoms with Gasteiger partial charge in [0.25, 0.3) is 0 Å². The number of para-hydroxylation sites is 1. The molecule has 1 unspecified atom stereocenters. The highest BCUT2D eigenvalue weighted by atomic mass is 35.5. The van der Waals surface area contributed by atoms with Gasteiger partial charge in [-0.15, -0.1) is 0 Å². The van der Waals surface area contributed by atoms with Crippen LogP contribution in [0, 0.1) is 5.92 Å². The molecule has 0 spiro atoms. The second-order valence-electron chi connectivity index (χ2n) is 6.57. The number of carbonyl (C=O) groups is 1. The molecule has 1 aliphatic heterocycles. The zero-order valence-corrected chi connectivity index (χ0v) is 16.8. The monoisotopic (exact) mass is 406 g/mol. The molecule has 2 aromatic carbocycles. The molecule has 0 bridgehead atoms. The minimum atomic E-state index is -3.64. The highest BCUT2D eigenvalue weighted by molar-refractivity contribution is 7.89. The molecule has 0 N–H and O–H groups in total. The van der Waals surface area contributed by atoms with Crippen LogP contribution in [0.3, 0.4) is 0 Å². The molecule has 2 aromatic rings. The van der Waals surface area contributed by atoms with Crippen LogP contribution in [0.4, 0.5) is 5.69 Å². The van der Waals surface area contributed by atoms with Gasteiger partial charge in [-0.2, -0.15) is 4.31 Å². The molecular formula is C20H23ClN2O3S. The standard InChI is InChI=1S/C20H23ClN2O3S/c1-2-23(18-8-4-3-5-9-18)20(24)16-7-6-14-22(15-16)27(25,26)19-12-10-17(21)11-13-19/h3-5,8-13,16H,2,6-7,14-15H2,1H3. The average molecular weight is 407 g/mol. The Balaban J connectivity index is 1.79. The summed E-state index contributed by atoms with van der Waals surface area (Å²) in [4.78, 5) is 15.0. The molecule has 1 heterocycles. The lowest BCUT2D eigenvalue weighted by atomic mass is 9.97. The summed E-state index contributed by atoms with van der Waals surface area (Å²) in [6.07, 6.45) is 1.35. The fourth-order valence-electron chi connectivity index (χ4n) is 3.41. The fraction of sp³-hybridized carbons (Fsp3) is 0.350. The van der Waals surface area contributed by atoms with Crippen LogP contribution in [0.2, 0.25) is 5.02 Å². The van der Waals surface area contributed by atoms with Crippen molar-refractivity contribution in [1.82, 2.24) is 4.31 Å². The van der Waals surface area contributed by atoms with E-state index in [0.29, 0.717) is 31.0 Å². The molecule has 1 saturated heterocycles. The van der Waals surface area contributed by atoms with Crippen LogP contribution in [-0.2, 0) is 14.8 Å². The van der Waals surface area contributed by atoms with Gasteiger partial charge in [-0.3, -0.25) is 4.79 Å². The molecule has 1 amide bonds. The van der Waals surface area contributed by atoms with Crippen molar-refractivity contribution in [3.63, 3.8) is 0 Å². The third-order valence-electron chi connectivity index (χ3n) is 4.83. The van der Waals surface area contributed by atoms with Crippen LogP contribution in [0.1, 0.15) is 19.8 Å². The summed E-state index contributed by atoms with van der Waals surface area (Å²) in [6, 6.07) is 15.6. The molecule has 7 heteroatoms. The first-order valence-corrected chi connectivity index (χ1v) is 10.9. The maximum absolute atomic E-state index is 13.1. The number of hydrogen-bond acceptors (Lipinski definition) is 3. The Morgan fingerprint density at radius 1 is 1.15 bits per heavy atom. The van der Waals surface area contributed by atoms with Crippen molar-refractivity contribution in [3.8, 4) is 0 Å². The van der Waals surface area contributed by atoms with Gasteiger partial charge in [-0.1, -0.05) is 29.8 Å². The van der Waals surface area contributed by atoms with Gasteiger partial charge in [0.1, 0.15) is 0 Å². The summed E-state index contributed by atoms with van der Waals surface area (Å²) in [5.41, 5.74) is 0.836. The third kappa shape index (κ3) is 4.34. The van der Waals surface area contributed by atoms with Crippen LogP contribution in [-0.4, -0.2) is 38.3 Å². The topological polar surface area (TPSA) is 57.7 Å². The predicted octanol–water partition coefficient (Wildman–Crippen LogP) is 3.79. The number of anilines is 1. The van der Waals surface area contributed by atoms with E-state index in [4.69, 9.17) is 11.6 Å². The molecule has 3 rings (SSSR count). The van der Waals surface area contributed by atoms with Gasteiger partial charge >= 0.3 is 0 Å². The van der Waals surface area contributed by atoms with E-state index in [1.54, 1.807) is 17.0 Å². The van der Waals surface area contributed by atoms with Crippen LogP contribution >= 0.6 is 11.6 Å². The van der Waals surface area contributed by atoms with E-state index in [-0.39, 0.29) is 23.3 Å². The normalized spacial score (nSPS) is 18.2. The number of piperidine rings is 1. The average Bonchev–Trinajstić information content (AvgIpc) is 2.70. The number of amides is 1. The first-order chi connectivity index (χ1) is 12.9. The highest BCUT2D eigenvalue weighted by Crippen LogP contribution is 2.27. The molecule has 0 radical (unpaired) electrons. The van der Waals surface area contributed by atoms with E-state index in [0.717, 1.165) is 5.69 Å². The molecule has 0 saturated carbocycles. The number of nitrogens with zero attached hydrogens (tertiary/aromatic N) is 2. The summed E-state index contributed by atoms with van der Waals surface area (Å²) >= 11 is 5.86. The molecule has 1 atom stereocenters. The molecule has 1 aliphatic rings. The van der Waals surface area contributed by atoms with Crippen molar-refractivity contribution in [1.29, 1.82) is 0 Å². The third-order valence-corrected chi connectivity index (χ3v) is 6.97. The number of hydrogen-bond donors (Lipinski definition) is 0. The Morgan fingerprint density at radius 3 is 2.44 bits per heavy atom. The molecule has 27 heavy (non-hydrogen) atoms. The van der Waals surface area contributed by atoms with Crippen LogP contribution in [0.25, 0.3) is 0 Å². The summed E-state index contributed by atoms with van der Waals surface area (Å²) in [7, 11) is -3.64. The molecule has 0 aliphatic carbocycles. The highest BCUT2D eigenvalue weighted by Gasteiger charge is 2.35. The van der Waals surface area contributed by atoms with E-state index < -0.39 is 10.0 Å². The molecule has 144 valence electrons. The Kier molecular flexibility index (Phi) is 6.19. The maximum Gasteiger partial charge on any atom is 0.243 e. The van der Waals surface area contributed by atoms with Gasteiger partial charge in [0.2, 0.25) is 15.9 Å². The largest absolute Gasteiger partial charge is 0.312 e. The van der Waals surface area contributed by atoms with Crippen LogP contribution < -0.4 is 4.90 Å². The Morgan fingerprint density at radius 2 is 1.81 bits per heavy atom. The minimum absolute atomic E-state index is 0.0280. The Labute approximate surface area is 165 Å². The summed E-state index contributed by atoms with van der Waals surface area (Å²) in [5.74, 6) is -0.374. The second kappa shape index (κ2) is 8.42. The fourth-order valence-corrected chi connectivity index (χ4v) is 5.06. The minimum Gasteiger partial charge on any atom is -0.312 e. The number of rotatable bonds is 5. The van der Waals surface area contributed by atoms with Crippen molar-refractivity contribution in [3.05, 3.63) is 59.6 Å². The number of halogens is 1. The summed E-state index contributed by atoms with van der Waals surface area (Å²) in [6.45, 7) is 3.10. The first kappa shape index (κ1) is 19.9. The van der Waals surface area contributed by atoms with Crippen molar-refractivity contribution in [2.75, 3.05) is 24.5 Å². The van der Waals surface area contributed by atoms with Gasteiger partial charge in [0, 0.05) is 30.3 Å². The number of carbonyl (C=O) groups excluding carboxylic acids is 1. The van der Waals surface area contributed by atoms with Gasteiger partial charge in [-0.25, -0.2) is 8.42 Å². The lowest BCUT2D eigenvalue weighted by molar-refractivity contribution is -0.123. The van der Waals surface area contributed by atoms with Gasteiger partial charge in [0.05, 0.1) is 10.8 Å². The smallest absolute Gasteiger partial charge is 0.243 e. The zero-order chi connectivity index (χ0) is 19.4. The zero-order valence-electron chi connectivity index (χ0n) is 15.2. The van der Waals surface area contributed by atoms with Crippen molar-refractivity contribution >= 4 is 33.2 Å². The summed E-state index contributed by atoms with van der Waals surface area (Å²) in [5, 5.41) is 0.488. The van der Waals surface area contributed by atoms with Gasteiger partial charge < -0.3 is 4.90 Å². The molecule has 0 aromatic heterocycles. The van der Waals surface area contributed by atoms with Crippen molar-refractivity contribution in [2.45, 2.75) is 24.7 Å². The first-order valence-electron chi connectivity index (χ1n) is 9.05. The second-order valence-corrected chi connectivity index (χ2v) is 8.95. The van der Waals surface area contributed by atoms with E-state index in [2.05, 4.69) is 0 Å². The van der Waals surface area contributed by atoms with Gasteiger partial charge in [-0.05, 0) is 56.2 Å². The molecular weight excluding hydrogens is 384 g/mol. The maximum atomic E-state index is 13.1. The Bertz CT molecular complexity index is 885. The lowest BCUT2D eigenvalue weighted by Gasteiger charge is -2.34. The van der Waals surface area contributed by atoms with Crippen molar-refractivity contribution < 1.29 is 13.2 Å². The van der Waals surface area contributed by atoms with Gasteiger partial charge in [0.15, 0.2) is 0 Å². The van der Waals surface area contributed by atoms with Crippen LogP contribution in [0.5, 0.6) is 0 Å². The predicted molar refractivity (Wildman–Crippen MR) is 107 cm³/mol. The van der Waals surface area contributed by atoms with Crippen LogP contribution in [0.15, 0.2) is 59.5 Å². The van der Waals surface area contributed by atoms with E-state index >= 15 is 0 Å². The molecule has 5 nitrogen and oxygen atoms in total. The lowest BCUT2D eigenvalue weighted by Crippen LogP contribution is -2.46. The summed E-state index contributed by atoms with van der Waals surface area (Å²) < 4.78 is 27.3.